The van der Waals surface area contributed by atoms with Gasteiger partial charge in [0.2, 0.25) is 0 Å². The van der Waals surface area contributed by atoms with E-state index in [2.05, 4.69) is 20.3 Å². The normalized spacial score (nSPS) is 10.1. The van der Waals surface area contributed by atoms with Crippen molar-refractivity contribution in [3.63, 3.8) is 0 Å². The van der Waals surface area contributed by atoms with Crippen LogP contribution in [-0.4, -0.2) is 27.8 Å². The van der Waals surface area contributed by atoms with Crippen molar-refractivity contribution < 1.29 is 4.79 Å². The third-order valence-electron chi connectivity index (χ3n) is 2.41. The van der Waals surface area contributed by atoms with Gasteiger partial charge in [-0.2, -0.15) is 0 Å². The highest BCUT2D eigenvalue weighted by Gasteiger charge is 2.07. The van der Waals surface area contributed by atoms with Gasteiger partial charge in [0.25, 0.3) is 0 Å². The van der Waals surface area contributed by atoms with E-state index in [0.717, 1.165) is 12.0 Å². The molecule has 0 saturated heterocycles. The Morgan fingerprint density at radius 1 is 1.28 bits per heavy atom. The first-order valence-electron chi connectivity index (χ1n) is 5.39. The Labute approximate surface area is 109 Å². The minimum Gasteiger partial charge on any atom is -0.369 e. The van der Waals surface area contributed by atoms with E-state index in [0.29, 0.717) is 18.6 Å². The molecule has 2 rings (SSSR count). The molecule has 0 amide bonds. The summed E-state index contributed by atoms with van der Waals surface area (Å²) < 4.78 is 0. The van der Waals surface area contributed by atoms with Crippen LogP contribution in [0.5, 0.6) is 0 Å². The molecular formula is C12H11ClN4O. The zero-order valence-corrected chi connectivity index (χ0v) is 10.3. The minimum absolute atomic E-state index is 0.159. The quantitative estimate of drug-likeness (QED) is 0.659. The van der Waals surface area contributed by atoms with E-state index in [4.69, 9.17) is 11.6 Å². The molecule has 92 valence electrons. The smallest absolute Gasteiger partial charge is 0.156 e. The molecule has 0 aliphatic rings. The van der Waals surface area contributed by atoms with Gasteiger partial charge in [-0.25, -0.2) is 9.97 Å². The number of halogens is 1. The number of nitrogens with zero attached hydrogens (tertiary/aromatic N) is 3. The van der Waals surface area contributed by atoms with Crippen LogP contribution in [0, 0.1) is 0 Å². The molecule has 0 radical (unpaired) electrons. The summed E-state index contributed by atoms with van der Waals surface area (Å²) in [4.78, 5) is 22.6. The molecule has 1 N–H and O–H groups in total. The number of carbonyl (C=O) groups is 1. The van der Waals surface area contributed by atoms with Crippen molar-refractivity contribution in [3.05, 3.63) is 47.1 Å². The lowest BCUT2D eigenvalue weighted by molar-refractivity contribution is 0.112. The molecule has 0 aliphatic carbocycles. The van der Waals surface area contributed by atoms with E-state index in [1.54, 1.807) is 12.4 Å². The number of hydrogen-bond acceptors (Lipinski definition) is 5. The fraction of sp³-hybridized carbons (Fsp3) is 0.167. The average Bonchev–Trinajstić information content (AvgIpc) is 2.40. The van der Waals surface area contributed by atoms with Crippen LogP contribution in [0.3, 0.4) is 0 Å². The number of nitrogens with one attached hydrogen (secondary N) is 1. The van der Waals surface area contributed by atoms with E-state index in [1.165, 1.54) is 6.33 Å². The molecule has 6 heteroatoms. The van der Waals surface area contributed by atoms with Crippen LogP contribution in [0.1, 0.15) is 15.9 Å². The number of rotatable bonds is 5. The molecule has 0 spiro atoms. The lowest BCUT2D eigenvalue weighted by Gasteiger charge is -2.07. The Balaban J connectivity index is 1.99. The number of anilines is 1. The molecule has 5 nitrogen and oxygen atoms in total. The van der Waals surface area contributed by atoms with Gasteiger partial charge in [0.15, 0.2) is 6.29 Å². The van der Waals surface area contributed by atoms with Crippen molar-refractivity contribution in [1.29, 1.82) is 0 Å². The van der Waals surface area contributed by atoms with Crippen molar-refractivity contribution in [1.82, 2.24) is 15.0 Å². The predicted octanol–water partition coefficient (Wildman–Crippen LogP) is 1.99. The highest BCUT2D eigenvalue weighted by atomic mass is 35.5. The maximum atomic E-state index is 10.9. The van der Waals surface area contributed by atoms with E-state index in [-0.39, 0.29) is 10.7 Å². The van der Waals surface area contributed by atoms with E-state index in [1.807, 2.05) is 12.1 Å². The predicted molar refractivity (Wildman–Crippen MR) is 68.9 cm³/mol. The second kappa shape index (κ2) is 6.07. The van der Waals surface area contributed by atoms with E-state index >= 15 is 0 Å². The van der Waals surface area contributed by atoms with Crippen LogP contribution in [0.4, 0.5) is 5.82 Å². The first kappa shape index (κ1) is 12.4. The van der Waals surface area contributed by atoms with Gasteiger partial charge in [0.05, 0.1) is 5.56 Å². The summed E-state index contributed by atoms with van der Waals surface area (Å²) in [6, 6.07) is 3.88. The summed E-state index contributed by atoms with van der Waals surface area (Å²) >= 11 is 5.79. The zero-order chi connectivity index (χ0) is 12.8. The Bertz CT molecular complexity index is 533. The second-order valence-corrected chi connectivity index (χ2v) is 3.93. The van der Waals surface area contributed by atoms with Gasteiger partial charge in [-0.15, -0.1) is 0 Å². The van der Waals surface area contributed by atoms with Gasteiger partial charge in [-0.05, 0) is 24.1 Å². The maximum Gasteiger partial charge on any atom is 0.156 e. The Morgan fingerprint density at radius 3 is 2.78 bits per heavy atom. The van der Waals surface area contributed by atoms with Gasteiger partial charge in [0.1, 0.15) is 17.3 Å². The Kier molecular flexibility index (Phi) is 4.20. The molecule has 2 aromatic heterocycles. The van der Waals surface area contributed by atoms with Crippen LogP contribution in [0.15, 0.2) is 30.9 Å². The summed E-state index contributed by atoms with van der Waals surface area (Å²) in [6.07, 6.45) is 6.27. The van der Waals surface area contributed by atoms with E-state index < -0.39 is 0 Å². The zero-order valence-electron chi connectivity index (χ0n) is 9.51. The molecule has 18 heavy (non-hydrogen) atoms. The Morgan fingerprint density at radius 2 is 2.06 bits per heavy atom. The molecule has 0 bridgehead atoms. The first-order chi connectivity index (χ1) is 8.81. The topological polar surface area (TPSA) is 67.8 Å². The van der Waals surface area contributed by atoms with Gasteiger partial charge in [0, 0.05) is 18.9 Å². The lowest BCUT2D eigenvalue weighted by atomic mass is 10.2. The molecule has 0 fully saturated rings. The summed E-state index contributed by atoms with van der Waals surface area (Å²) in [5.74, 6) is 0.457. The summed E-state index contributed by atoms with van der Waals surface area (Å²) in [5, 5.41) is 3.22. The van der Waals surface area contributed by atoms with Gasteiger partial charge in [-0.1, -0.05) is 11.6 Å². The number of hydrogen-bond donors (Lipinski definition) is 1. The third-order valence-corrected chi connectivity index (χ3v) is 2.71. The van der Waals surface area contributed by atoms with Crippen molar-refractivity contribution in [2.75, 3.05) is 11.9 Å². The Hall–Kier alpha value is -2.01. The molecular weight excluding hydrogens is 252 g/mol. The molecule has 0 atom stereocenters. The monoisotopic (exact) mass is 262 g/mol. The van der Waals surface area contributed by atoms with Crippen LogP contribution >= 0.6 is 11.6 Å². The highest BCUT2D eigenvalue weighted by Crippen LogP contribution is 2.16. The lowest BCUT2D eigenvalue weighted by Crippen LogP contribution is -2.09. The second-order valence-electron chi connectivity index (χ2n) is 3.58. The van der Waals surface area contributed by atoms with Crippen molar-refractivity contribution in [3.8, 4) is 0 Å². The summed E-state index contributed by atoms with van der Waals surface area (Å²) in [5.41, 5.74) is 1.44. The fourth-order valence-corrected chi connectivity index (χ4v) is 1.67. The SMILES string of the molecule is O=Cc1c(Cl)ncnc1NCCc1ccncc1. The molecule has 2 heterocycles. The standard InChI is InChI=1S/C12H11ClN4O/c13-11-10(7-18)12(17-8-16-11)15-6-3-9-1-4-14-5-2-9/h1-2,4-5,7-8H,3,6H2,(H,15,16,17). The van der Waals surface area contributed by atoms with Crippen LogP contribution in [-0.2, 0) is 6.42 Å². The number of aromatic nitrogens is 3. The maximum absolute atomic E-state index is 10.9. The van der Waals surface area contributed by atoms with E-state index in [9.17, 15) is 4.79 Å². The first-order valence-corrected chi connectivity index (χ1v) is 5.77. The summed E-state index contributed by atoms with van der Waals surface area (Å²) in [6.45, 7) is 0.651. The molecule has 2 aromatic rings. The average molecular weight is 263 g/mol. The van der Waals surface area contributed by atoms with Crippen molar-refractivity contribution in [2.45, 2.75) is 6.42 Å². The third kappa shape index (κ3) is 3.01. The number of carbonyl (C=O) groups excluding carboxylic acids is 1. The highest BCUT2D eigenvalue weighted by molar-refractivity contribution is 6.32. The molecule has 0 saturated carbocycles. The molecule has 0 aliphatic heterocycles. The molecule has 0 aromatic carbocycles. The van der Waals surface area contributed by atoms with Gasteiger partial charge < -0.3 is 5.32 Å². The largest absolute Gasteiger partial charge is 0.369 e. The summed E-state index contributed by atoms with van der Waals surface area (Å²) in [7, 11) is 0. The van der Waals surface area contributed by atoms with Crippen LogP contribution < -0.4 is 5.32 Å². The number of aldehydes is 1. The van der Waals surface area contributed by atoms with Crippen molar-refractivity contribution in [2.24, 2.45) is 0 Å². The minimum atomic E-state index is 0.159. The fourth-order valence-electron chi connectivity index (χ4n) is 1.49. The van der Waals surface area contributed by atoms with Crippen molar-refractivity contribution >= 4 is 23.7 Å². The van der Waals surface area contributed by atoms with Gasteiger partial charge >= 0.3 is 0 Å². The van der Waals surface area contributed by atoms with Crippen LogP contribution in [0.2, 0.25) is 5.15 Å². The molecule has 0 unspecified atom stereocenters. The number of pyridine rings is 1. The van der Waals surface area contributed by atoms with Gasteiger partial charge in [-0.3, -0.25) is 9.78 Å². The van der Waals surface area contributed by atoms with Crippen LogP contribution in [0.25, 0.3) is 0 Å².